The van der Waals surface area contributed by atoms with Crippen molar-refractivity contribution < 1.29 is 14.3 Å². The summed E-state index contributed by atoms with van der Waals surface area (Å²) in [4.78, 5) is 10.6. The van der Waals surface area contributed by atoms with E-state index in [-0.39, 0.29) is 6.42 Å². The van der Waals surface area contributed by atoms with Crippen molar-refractivity contribution in [3.05, 3.63) is 40.4 Å². The molecular weight excluding hydrogens is 293 g/mol. The molecule has 0 atom stereocenters. The van der Waals surface area contributed by atoms with Gasteiger partial charge in [-0.2, -0.15) is 0 Å². The standard InChI is InChI=1S/C10H7BrFN3O2/c11-8-2-1-6(3-9(8)12)15-7(4-10(16)17)5-13-14-15/h1-3,5H,4H2,(H,16,17). The molecule has 0 radical (unpaired) electrons. The number of aliphatic carboxylic acids is 1. The fraction of sp³-hybridized carbons (Fsp3) is 0.100. The SMILES string of the molecule is O=C(O)Cc1cnnn1-c1ccc(Br)c(F)c1. The molecule has 17 heavy (non-hydrogen) atoms. The molecule has 0 unspecified atom stereocenters. The van der Waals surface area contributed by atoms with Crippen LogP contribution in [0.5, 0.6) is 0 Å². The third-order valence-electron chi connectivity index (χ3n) is 2.10. The van der Waals surface area contributed by atoms with Crippen LogP contribution in [0, 0.1) is 5.82 Å². The van der Waals surface area contributed by atoms with Crippen molar-refractivity contribution in [1.82, 2.24) is 15.0 Å². The van der Waals surface area contributed by atoms with Gasteiger partial charge in [0.15, 0.2) is 0 Å². The maximum Gasteiger partial charge on any atom is 0.309 e. The number of hydrogen-bond acceptors (Lipinski definition) is 3. The Hall–Kier alpha value is -1.76. The summed E-state index contributed by atoms with van der Waals surface area (Å²) in [7, 11) is 0. The Bertz CT molecular complexity index is 570. The summed E-state index contributed by atoms with van der Waals surface area (Å²) in [6.07, 6.45) is 1.12. The van der Waals surface area contributed by atoms with Gasteiger partial charge in [-0.15, -0.1) is 5.10 Å². The number of carboxylic acid groups (broad SMARTS) is 1. The molecule has 88 valence electrons. The van der Waals surface area contributed by atoms with E-state index in [2.05, 4.69) is 26.2 Å². The molecule has 0 saturated carbocycles. The highest BCUT2D eigenvalue weighted by molar-refractivity contribution is 9.10. The number of aromatic nitrogens is 3. The highest BCUT2D eigenvalue weighted by Crippen LogP contribution is 2.19. The molecule has 1 aromatic carbocycles. The lowest BCUT2D eigenvalue weighted by Crippen LogP contribution is -2.08. The second-order valence-corrected chi connectivity index (χ2v) is 4.16. The van der Waals surface area contributed by atoms with Gasteiger partial charge in [0.25, 0.3) is 0 Å². The van der Waals surface area contributed by atoms with Gasteiger partial charge in [0.05, 0.1) is 28.5 Å². The molecule has 1 aromatic heterocycles. The van der Waals surface area contributed by atoms with Crippen LogP contribution in [-0.2, 0) is 11.2 Å². The van der Waals surface area contributed by atoms with Gasteiger partial charge >= 0.3 is 5.97 Å². The van der Waals surface area contributed by atoms with Crippen molar-refractivity contribution >= 4 is 21.9 Å². The molecular formula is C10H7BrFN3O2. The van der Waals surface area contributed by atoms with Crippen LogP contribution < -0.4 is 0 Å². The van der Waals surface area contributed by atoms with Gasteiger partial charge in [-0.25, -0.2) is 9.07 Å². The Labute approximate surface area is 104 Å². The lowest BCUT2D eigenvalue weighted by Gasteiger charge is -2.05. The summed E-state index contributed by atoms with van der Waals surface area (Å²) in [6, 6.07) is 4.40. The van der Waals surface area contributed by atoms with E-state index in [0.29, 0.717) is 15.9 Å². The summed E-state index contributed by atoms with van der Waals surface area (Å²) in [5.74, 6) is -1.44. The van der Waals surface area contributed by atoms with Crippen molar-refractivity contribution in [2.45, 2.75) is 6.42 Å². The molecule has 0 saturated heterocycles. The molecule has 1 heterocycles. The zero-order valence-corrected chi connectivity index (χ0v) is 10.1. The number of carbonyl (C=O) groups is 1. The third-order valence-corrected chi connectivity index (χ3v) is 2.74. The Morgan fingerprint density at radius 1 is 1.53 bits per heavy atom. The van der Waals surface area contributed by atoms with E-state index in [4.69, 9.17) is 5.11 Å². The van der Waals surface area contributed by atoms with Crippen LogP contribution in [0.3, 0.4) is 0 Å². The van der Waals surface area contributed by atoms with Crippen molar-refractivity contribution in [2.24, 2.45) is 0 Å². The average Bonchev–Trinajstić information content (AvgIpc) is 2.69. The molecule has 0 amide bonds. The molecule has 5 nitrogen and oxygen atoms in total. The first-order valence-electron chi connectivity index (χ1n) is 4.64. The van der Waals surface area contributed by atoms with Crippen molar-refractivity contribution in [2.75, 3.05) is 0 Å². The maximum atomic E-state index is 13.3. The minimum absolute atomic E-state index is 0.218. The molecule has 2 aromatic rings. The molecule has 0 bridgehead atoms. The number of rotatable bonds is 3. The fourth-order valence-corrected chi connectivity index (χ4v) is 1.61. The summed E-state index contributed by atoms with van der Waals surface area (Å²) < 4.78 is 15.0. The molecule has 7 heteroatoms. The Balaban J connectivity index is 2.42. The Kier molecular flexibility index (Phi) is 3.19. The predicted octanol–water partition coefficient (Wildman–Crippen LogP) is 1.80. The monoisotopic (exact) mass is 299 g/mol. The van der Waals surface area contributed by atoms with Crippen LogP contribution >= 0.6 is 15.9 Å². The Morgan fingerprint density at radius 2 is 2.29 bits per heavy atom. The molecule has 0 spiro atoms. The topological polar surface area (TPSA) is 68.0 Å². The zero-order valence-electron chi connectivity index (χ0n) is 8.47. The van der Waals surface area contributed by atoms with Crippen LogP contribution in [0.4, 0.5) is 4.39 Å². The zero-order chi connectivity index (χ0) is 12.4. The largest absolute Gasteiger partial charge is 0.481 e. The molecule has 0 aliphatic heterocycles. The minimum Gasteiger partial charge on any atom is -0.481 e. The van der Waals surface area contributed by atoms with E-state index in [9.17, 15) is 9.18 Å². The van der Waals surface area contributed by atoms with Crippen LogP contribution in [0.1, 0.15) is 5.69 Å². The van der Waals surface area contributed by atoms with Crippen LogP contribution in [-0.4, -0.2) is 26.1 Å². The lowest BCUT2D eigenvalue weighted by atomic mass is 10.3. The summed E-state index contributed by atoms with van der Waals surface area (Å²) in [6.45, 7) is 0. The van der Waals surface area contributed by atoms with E-state index in [1.807, 2.05) is 0 Å². The second-order valence-electron chi connectivity index (χ2n) is 3.31. The number of benzene rings is 1. The van der Waals surface area contributed by atoms with E-state index < -0.39 is 11.8 Å². The summed E-state index contributed by atoms with van der Waals surface area (Å²) >= 11 is 3.04. The van der Waals surface area contributed by atoms with Crippen molar-refractivity contribution in [1.29, 1.82) is 0 Å². The van der Waals surface area contributed by atoms with Crippen LogP contribution in [0.2, 0.25) is 0 Å². The quantitative estimate of drug-likeness (QED) is 0.938. The first-order chi connectivity index (χ1) is 8.08. The first-order valence-corrected chi connectivity index (χ1v) is 5.44. The van der Waals surface area contributed by atoms with Crippen molar-refractivity contribution in [3.63, 3.8) is 0 Å². The second kappa shape index (κ2) is 4.62. The summed E-state index contributed by atoms with van der Waals surface area (Å²) in [5, 5.41) is 16.1. The molecule has 1 N–H and O–H groups in total. The molecule has 0 fully saturated rings. The molecule has 2 rings (SSSR count). The average molecular weight is 300 g/mol. The fourth-order valence-electron chi connectivity index (χ4n) is 1.37. The molecule has 0 aliphatic carbocycles. The number of halogens is 2. The van der Waals surface area contributed by atoms with Gasteiger partial charge < -0.3 is 5.11 Å². The predicted molar refractivity (Wildman–Crippen MR) is 60.4 cm³/mol. The first kappa shape index (κ1) is 11.7. The van der Waals surface area contributed by atoms with E-state index in [0.717, 1.165) is 0 Å². The van der Waals surface area contributed by atoms with E-state index in [1.54, 1.807) is 6.07 Å². The smallest absolute Gasteiger partial charge is 0.309 e. The van der Waals surface area contributed by atoms with E-state index in [1.165, 1.54) is 23.0 Å². The number of nitrogens with zero attached hydrogens (tertiary/aromatic N) is 3. The van der Waals surface area contributed by atoms with E-state index >= 15 is 0 Å². The highest BCUT2D eigenvalue weighted by atomic mass is 79.9. The Morgan fingerprint density at radius 3 is 2.94 bits per heavy atom. The normalized spacial score (nSPS) is 10.5. The van der Waals surface area contributed by atoms with Gasteiger partial charge in [-0.05, 0) is 28.1 Å². The van der Waals surface area contributed by atoms with Gasteiger partial charge in [0.1, 0.15) is 5.82 Å². The van der Waals surface area contributed by atoms with Crippen LogP contribution in [0.15, 0.2) is 28.9 Å². The minimum atomic E-state index is -0.994. The molecule has 0 aliphatic rings. The lowest BCUT2D eigenvalue weighted by molar-refractivity contribution is -0.136. The highest BCUT2D eigenvalue weighted by Gasteiger charge is 2.11. The third kappa shape index (κ3) is 2.50. The van der Waals surface area contributed by atoms with Gasteiger partial charge in [0.2, 0.25) is 0 Å². The summed E-state index contributed by atoms with van der Waals surface area (Å²) in [5.41, 5.74) is 0.818. The van der Waals surface area contributed by atoms with Crippen molar-refractivity contribution in [3.8, 4) is 5.69 Å². The van der Waals surface area contributed by atoms with Gasteiger partial charge in [0, 0.05) is 6.07 Å². The van der Waals surface area contributed by atoms with Gasteiger partial charge in [-0.1, -0.05) is 5.21 Å². The number of carboxylic acids is 1. The van der Waals surface area contributed by atoms with Crippen LogP contribution in [0.25, 0.3) is 5.69 Å². The number of hydrogen-bond donors (Lipinski definition) is 1. The van der Waals surface area contributed by atoms with Gasteiger partial charge in [-0.3, -0.25) is 4.79 Å². The maximum absolute atomic E-state index is 13.3.